The number of benzene rings is 2. The van der Waals surface area contributed by atoms with Crippen LogP contribution in [0.3, 0.4) is 0 Å². The summed E-state index contributed by atoms with van der Waals surface area (Å²) in [4.78, 5) is 0. The van der Waals surface area contributed by atoms with Gasteiger partial charge in [0.2, 0.25) is 0 Å². The molecule has 8 nitrogen and oxygen atoms in total. The van der Waals surface area contributed by atoms with Gasteiger partial charge in [-0.25, -0.2) is 0 Å². The molecule has 0 amide bonds. The van der Waals surface area contributed by atoms with Crippen LogP contribution in [0.5, 0.6) is 17.2 Å². The van der Waals surface area contributed by atoms with Crippen molar-refractivity contribution in [3.8, 4) is 34.3 Å². The Kier molecular flexibility index (Phi) is 7.78. The number of hydrogen-bond donors (Lipinski definition) is 1. The van der Waals surface area contributed by atoms with Crippen molar-refractivity contribution in [2.45, 2.75) is 24.9 Å². The molecule has 1 heterocycles. The zero-order valence-corrected chi connectivity index (χ0v) is 19.2. The highest BCUT2D eigenvalue weighted by Gasteiger charge is 2.22. The second-order valence-electron chi connectivity index (χ2n) is 7.00. The molecular weight excluding hydrogens is 418 g/mol. The first-order valence-corrected chi connectivity index (χ1v) is 10.2. The van der Waals surface area contributed by atoms with Crippen LogP contribution in [0.4, 0.5) is 0 Å². The fraction of sp³-hybridized carbons (Fsp3) is 0.364. The highest BCUT2D eigenvalue weighted by Crippen LogP contribution is 2.40. The largest absolute Gasteiger partial charge is 0.497 e. The maximum atomic E-state index is 5.86. The first-order valence-electron chi connectivity index (χ1n) is 9.70. The van der Waals surface area contributed by atoms with Crippen molar-refractivity contribution in [1.82, 2.24) is 14.8 Å². The Morgan fingerprint density at radius 1 is 0.903 bits per heavy atom. The molecular formula is C22H27N3O5S. The third kappa shape index (κ3) is 5.12. The van der Waals surface area contributed by atoms with Crippen LogP contribution in [-0.2, 0) is 9.47 Å². The van der Waals surface area contributed by atoms with Crippen LogP contribution in [0.25, 0.3) is 17.1 Å². The summed E-state index contributed by atoms with van der Waals surface area (Å²) < 4.78 is 29.0. The lowest BCUT2D eigenvalue weighted by molar-refractivity contribution is 0.0457. The molecule has 0 radical (unpaired) electrons. The predicted molar refractivity (Wildman–Crippen MR) is 120 cm³/mol. The molecule has 0 atom stereocenters. The van der Waals surface area contributed by atoms with Gasteiger partial charge in [0.25, 0.3) is 0 Å². The molecule has 0 N–H and O–H groups in total. The van der Waals surface area contributed by atoms with Gasteiger partial charge in [0.1, 0.15) is 17.2 Å². The third-order valence-corrected chi connectivity index (χ3v) is 4.91. The van der Waals surface area contributed by atoms with Gasteiger partial charge < -0.3 is 23.7 Å². The average Bonchev–Trinajstić information content (AvgIpc) is 3.16. The molecule has 3 rings (SSSR count). The van der Waals surface area contributed by atoms with Gasteiger partial charge in [0, 0.05) is 26.0 Å². The molecule has 0 saturated carbocycles. The minimum absolute atomic E-state index is 0.0716. The van der Waals surface area contributed by atoms with E-state index < -0.39 is 0 Å². The van der Waals surface area contributed by atoms with E-state index in [1.54, 1.807) is 21.3 Å². The maximum absolute atomic E-state index is 5.86. The first-order chi connectivity index (χ1) is 15.0. The summed E-state index contributed by atoms with van der Waals surface area (Å²) in [7, 11) is 4.77. The van der Waals surface area contributed by atoms with Crippen molar-refractivity contribution < 1.29 is 23.7 Å². The number of ether oxygens (including phenoxy) is 5. The van der Waals surface area contributed by atoms with Crippen LogP contribution < -0.4 is 14.2 Å². The number of nitrogens with zero attached hydrogens (tertiary/aromatic N) is 3. The molecule has 3 aromatic rings. The van der Waals surface area contributed by atoms with Gasteiger partial charge in [-0.2, -0.15) is 0 Å². The molecule has 0 bridgehead atoms. The zero-order valence-electron chi connectivity index (χ0n) is 18.3. The average molecular weight is 446 g/mol. The Morgan fingerprint density at radius 2 is 1.55 bits per heavy atom. The van der Waals surface area contributed by atoms with Crippen LogP contribution in [0.15, 0.2) is 41.6 Å². The summed E-state index contributed by atoms with van der Waals surface area (Å²) in [6.07, 6.45) is 0. The smallest absolute Gasteiger partial charge is 0.193 e. The minimum Gasteiger partial charge on any atom is -0.497 e. The second kappa shape index (κ2) is 10.5. The second-order valence-corrected chi connectivity index (χ2v) is 7.40. The number of rotatable bonds is 10. The Bertz CT molecular complexity index is 1010. The molecule has 0 spiro atoms. The van der Waals surface area contributed by atoms with Gasteiger partial charge in [-0.1, -0.05) is 13.8 Å². The summed E-state index contributed by atoms with van der Waals surface area (Å²) in [5.41, 5.74) is 2.57. The monoisotopic (exact) mass is 445 g/mol. The van der Waals surface area contributed by atoms with E-state index in [4.69, 9.17) is 23.7 Å². The fourth-order valence-electron chi connectivity index (χ4n) is 3.11. The number of aromatic nitrogens is 3. The standard InChI is InChI=1S/C22H27N3O5S/c1-14(2)17-10-18(20(30-13-27-4)11-19(17)29-12-26-3)21-23-24-22(31)25(21)15-6-8-16(28-5)9-7-15/h6-11,14H,12-13H2,1-5H3,(H,24,31). The molecule has 0 fully saturated rings. The van der Waals surface area contributed by atoms with Gasteiger partial charge >= 0.3 is 0 Å². The van der Waals surface area contributed by atoms with Crippen molar-refractivity contribution in [2.24, 2.45) is 0 Å². The summed E-state index contributed by atoms with van der Waals surface area (Å²) >= 11 is 4.52. The highest BCUT2D eigenvalue weighted by molar-refractivity contribution is 7.80. The SMILES string of the molecule is COCOc1cc(OCOC)c(C(C)C)cc1-c1nnc(S)n1-c1ccc(OC)cc1. The van der Waals surface area contributed by atoms with E-state index in [0.717, 1.165) is 22.6 Å². The third-order valence-electron chi connectivity index (χ3n) is 4.62. The Hall–Kier alpha value is -2.75. The van der Waals surface area contributed by atoms with Gasteiger partial charge in [-0.15, -0.1) is 22.8 Å². The van der Waals surface area contributed by atoms with Crippen LogP contribution in [0, 0.1) is 0 Å². The van der Waals surface area contributed by atoms with Gasteiger partial charge in [-0.05, 0) is 41.8 Å². The Balaban J connectivity index is 2.17. The molecule has 31 heavy (non-hydrogen) atoms. The lowest BCUT2D eigenvalue weighted by Gasteiger charge is -2.19. The predicted octanol–water partition coefficient (Wildman–Crippen LogP) is 4.32. The summed E-state index contributed by atoms with van der Waals surface area (Å²) in [6.45, 7) is 4.38. The van der Waals surface area contributed by atoms with E-state index in [9.17, 15) is 0 Å². The minimum atomic E-state index is 0.0716. The summed E-state index contributed by atoms with van der Waals surface area (Å²) in [6, 6.07) is 11.4. The lowest BCUT2D eigenvalue weighted by atomic mass is 9.98. The van der Waals surface area contributed by atoms with Gasteiger partial charge in [0.15, 0.2) is 24.6 Å². The number of methoxy groups -OCH3 is 3. The van der Waals surface area contributed by atoms with E-state index in [0.29, 0.717) is 22.5 Å². The van der Waals surface area contributed by atoms with E-state index in [1.807, 2.05) is 41.0 Å². The van der Waals surface area contributed by atoms with Gasteiger partial charge in [0.05, 0.1) is 12.7 Å². The quantitative estimate of drug-likeness (QED) is 0.368. The fourth-order valence-corrected chi connectivity index (χ4v) is 3.37. The zero-order chi connectivity index (χ0) is 22.4. The van der Waals surface area contributed by atoms with Crippen molar-refractivity contribution in [1.29, 1.82) is 0 Å². The van der Waals surface area contributed by atoms with E-state index in [-0.39, 0.29) is 19.5 Å². The topological polar surface area (TPSA) is 76.9 Å². The van der Waals surface area contributed by atoms with Crippen molar-refractivity contribution in [2.75, 3.05) is 34.9 Å². The van der Waals surface area contributed by atoms with Crippen molar-refractivity contribution >= 4 is 12.6 Å². The lowest BCUT2D eigenvalue weighted by Crippen LogP contribution is -2.07. The normalized spacial score (nSPS) is 11.1. The first kappa shape index (κ1) is 22.9. The van der Waals surface area contributed by atoms with Crippen LogP contribution in [0.2, 0.25) is 0 Å². The van der Waals surface area contributed by atoms with Gasteiger partial charge in [-0.3, -0.25) is 4.57 Å². The molecule has 0 aliphatic heterocycles. The van der Waals surface area contributed by atoms with E-state index >= 15 is 0 Å². The number of hydrogen-bond acceptors (Lipinski definition) is 8. The van der Waals surface area contributed by atoms with E-state index in [2.05, 4.69) is 36.7 Å². The Morgan fingerprint density at radius 3 is 2.13 bits per heavy atom. The molecule has 1 aromatic heterocycles. The highest BCUT2D eigenvalue weighted by atomic mass is 32.1. The molecule has 9 heteroatoms. The van der Waals surface area contributed by atoms with Crippen LogP contribution >= 0.6 is 12.6 Å². The van der Waals surface area contributed by atoms with Crippen molar-refractivity contribution in [3.63, 3.8) is 0 Å². The molecule has 0 saturated heterocycles. The maximum Gasteiger partial charge on any atom is 0.193 e. The molecule has 2 aromatic carbocycles. The number of thiol groups is 1. The Labute approximate surface area is 187 Å². The van der Waals surface area contributed by atoms with Crippen LogP contribution in [-0.4, -0.2) is 49.7 Å². The molecule has 0 aliphatic rings. The van der Waals surface area contributed by atoms with Crippen molar-refractivity contribution in [3.05, 3.63) is 42.0 Å². The van der Waals surface area contributed by atoms with Crippen LogP contribution in [0.1, 0.15) is 25.3 Å². The van der Waals surface area contributed by atoms with E-state index in [1.165, 1.54) is 0 Å². The molecule has 166 valence electrons. The molecule has 0 unspecified atom stereocenters. The summed E-state index contributed by atoms with van der Waals surface area (Å²) in [5.74, 6) is 2.75. The molecule has 0 aliphatic carbocycles. The summed E-state index contributed by atoms with van der Waals surface area (Å²) in [5, 5.41) is 9.02.